The molecule has 3 aromatic carbocycles. The van der Waals surface area contributed by atoms with Gasteiger partial charge in [-0.3, -0.25) is 9.59 Å². The van der Waals surface area contributed by atoms with E-state index in [1.807, 2.05) is 54.6 Å². The molecule has 0 spiro atoms. The number of carbonyl (C=O) groups excluding carboxylic acids is 2. The number of piperidine rings is 1. The molecular weight excluding hydrogens is 392 g/mol. The first-order valence-electron chi connectivity index (χ1n) is 10.4. The van der Waals surface area contributed by atoms with Crippen LogP contribution in [0.25, 0.3) is 10.8 Å². The molecule has 1 fully saturated rings. The van der Waals surface area contributed by atoms with Gasteiger partial charge in [0.05, 0.1) is 20.1 Å². The number of nitrogens with one attached hydrogen (secondary N) is 1. The number of fused-ring (bicyclic) bond motifs is 1. The number of anilines is 1. The molecule has 0 saturated carbocycles. The van der Waals surface area contributed by atoms with Gasteiger partial charge in [-0.25, -0.2) is 0 Å². The topological polar surface area (TPSA) is 67.9 Å². The number of hydrogen-bond acceptors (Lipinski definition) is 4. The van der Waals surface area contributed by atoms with Crippen LogP contribution in [0.4, 0.5) is 5.69 Å². The maximum absolute atomic E-state index is 13.4. The van der Waals surface area contributed by atoms with E-state index in [0.29, 0.717) is 30.1 Å². The molecule has 1 N–H and O–H groups in total. The van der Waals surface area contributed by atoms with Crippen LogP contribution in [-0.2, 0) is 4.79 Å². The summed E-state index contributed by atoms with van der Waals surface area (Å²) < 4.78 is 10.7. The van der Waals surface area contributed by atoms with Gasteiger partial charge in [0.15, 0.2) is 0 Å². The van der Waals surface area contributed by atoms with E-state index in [9.17, 15) is 9.59 Å². The Labute approximate surface area is 181 Å². The quantitative estimate of drug-likeness (QED) is 0.669. The van der Waals surface area contributed by atoms with E-state index in [1.165, 1.54) is 0 Å². The highest BCUT2D eigenvalue weighted by Crippen LogP contribution is 2.30. The van der Waals surface area contributed by atoms with Crippen LogP contribution in [0.5, 0.6) is 11.5 Å². The Morgan fingerprint density at radius 3 is 2.55 bits per heavy atom. The van der Waals surface area contributed by atoms with Crippen LogP contribution in [0.3, 0.4) is 0 Å². The predicted octanol–water partition coefficient (Wildman–Crippen LogP) is 4.35. The zero-order valence-electron chi connectivity index (χ0n) is 17.8. The van der Waals surface area contributed by atoms with Gasteiger partial charge in [-0.15, -0.1) is 0 Å². The fourth-order valence-electron chi connectivity index (χ4n) is 4.13. The molecule has 0 aliphatic carbocycles. The largest absolute Gasteiger partial charge is 0.497 e. The smallest absolute Gasteiger partial charge is 0.254 e. The fourth-order valence-corrected chi connectivity index (χ4v) is 4.13. The Hall–Kier alpha value is -3.54. The van der Waals surface area contributed by atoms with Crippen molar-refractivity contribution in [2.75, 3.05) is 32.6 Å². The Bertz CT molecular complexity index is 1110. The monoisotopic (exact) mass is 418 g/mol. The van der Waals surface area contributed by atoms with Crippen molar-refractivity contribution in [3.63, 3.8) is 0 Å². The first-order valence-corrected chi connectivity index (χ1v) is 10.4. The van der Waals surface area contributed by atoms with Gasteiger partial charge < -0.3 is 19.7 Å². The highest BCUT2D eigenvalue weighted by molar-refractivity contribution is 6.08. The van der Waals surface area contributed by atoms with Crippen molar-refractivity contribution in [1.82, 2.24) is 4.90 Å². The van der Waals surface area contributed by atoms with Gasteiger partial charge in [-0.1, -0.05) is 30.3 Å². The highest BCUT2D eigenvalue weighted by Gasteiger charge is 2.30. The zero-order valence-corrected chi connectivity index (χ0v) is 17.8. The fraction of sp³-hybridized carbons (Fsp3) is 0.280. The lowest BCUT2D eigenvalue weighted by Gasteiger charge is -2.32. The number of benzene rings is 3. The molecule has 160 valence electrons. The molecule has 1 atom stereocenters. The lowest BCUT2D eigenvalue weighted by atomic mass is 9.95. The maximum atomic E-state index is 13.4. The number of rotatable bonds is 5. The molecule has 1 aliphatic rings. The van der Waals surface area contributed by atoms with Crippen LogP contribution in [-0.4, -0.2) is 44.0 Å². The number of nitrogens with zero attached hydrogens (tertiary/aromatic N) is 1. The highest BCUT2D eigenvalue weighted by atomic mass is 16.5. The van der Waals surface area contributed by atoms with E-state index < -0.39 is 0 Å². The van der Waals surface area contributed by atoms with Crippen LogP contribution in [0, 0.1) is 5.92 Å². The summed E-state index contributed by atoms with van der Waals surface area (Å²) in [5, 5.41) is 4.72. The van der Waals surface area contributed by atoms with Crippen LogP contribution < -0.4 is 14.8 Å². The Morgan fingerprint density at radius 1 is 0.968 bits per heavy atom. The van der Waals surface area contributed by atoms with E-state index in [0.717, 1.165) is 29.4 Å². The zero-order chi connectivity index (χ0) is 21.8. The summed E-state index contributed by atoms with van der Waals surface area (Å²) >= 11 is 0. The molecule has 3 aromatic rings. The second kappa shape index (κ2) is 9.08. The van der Waals surface area contributed by atoms with Crippen LogP contribution in [0.1, 0.15) is 23.2 Å². The van der Waals surface area contributed by atoms with Crippen LogP contribution in [0.2, 0.25) is 0 Å². The van der Waals surface area contributed by atoms with Crippen molar-refractivity contribution in [3.05, 3.63) is 66.2 Å². The van der Waals surface area contributed by atoms with E-state index in [-0.39, 0.29) is 17.7 Å². The summed E-state index contributed by atoms with van der Waals surface area (Å²) in [7, 11) is 3.22. The van der Waals surface area contributed by atoms with E-state index in [2.05, 4.69) is 5.32 Å². The molecule has 0 bridgehead atoms. The SMILES string of the molecule is COc1cccc(NC(=O)[C@H]2CCCN(C(=O)c3ccc(OC)c4ccccc34)C2)c1. The third-order valence-electron chi connectivity index (χ3n) is 5.75. The van der Waals surface area contributed by atoms with Crippen molar-refractivity contribution in [2.45, 2.75) is 12.8 Å². The third-order valence-corrected chi connectivity index (χ3v) is 5.75. The number of hydrogen-bond donors (Lipinski definition) is 1. The van der Waals surface area contributed by atoms with Crippen molar-refractivity contribution >= 4 is 28.3 Å². The molecule has 4 rings (SSSR count). The van der Waals surface area contributed by atoms with Gasteiger partial charge in [0, 0.05) is 35.8 Å². The normalized spacial score (nSPS) is 16.1. The lowest BCUT2D eigenvalue weighted by Crippen LogP contribution is -2.43. The molecule has 2 amide bonds. The summed E-state index contributed by atoms with van der Waals surface area (Å²) in [4.78, 5) is 28.0. The van der Waals surface area contributed by atoms with Gasteiger partial charge in [-0.2, -0.15) is 0 Å². The predicted molar refractivity (Wildman–Crippen MR) is 121 cm³/mol. The summed E-state index contributed by atoms with van der Waals surface area (Å²) in [6.45, 7) is 1.04. The van der Waals surface area contributed by atoms with Crippen molar-refractivity contribution in [2.24, 2.45) is 5.92 Å². The van der Waals surface area contributed by atoms with Gasteiger partial charge >= 0.3 is 0 Å². The van der Waals surface area contributed by atoms with Crippen molar-refractivity contribution in [3.8, 4) is 11.5 Å². The minimum atomic E-state index is -0.256. The molecule has 6 nitrogen and oxygen atoms in total. The van der Waals surface area contributed by atoms with E-state index >= 15 is 0 Å². The summed E-state index contributed by atoms with van der Waals surface area (Å²) in [5.74, 6) is 1.03. The molecular formula is C25H26N2O4. The first-order chi connectivity index (χ1) is 15.1. The average Bonchev–Trinajstić information content (AvgIpc) is 2.83. The molecule has 0 aromatic heterocycles. The van der Waals surface area contributed by atoms with Crippen LogP contribution in [0.15, 0.2) is 60.7 Å². The molecule has 1 aliphatic heterocycles. The van der Waals surface area contributed by atoms with E-state index in [1.54, 1.807) is 25.2 Å². The lowest BCUT2D eigenvalue weighted by molar-refractivity contribution is -0.121. The maximum Gasteiger partial charge on any atom is 0.254 e. The second-order valence-electron chi connectivity index (χ2n) is 7.67. The molecule has 31 heavy (non-hydrogen) atoms. The van der Waals surface area contributed by atoms with Gasteiger partial charge in [0.1, 0.15) is 11.5 Å². The summed E-state index contributed by atoms with van der Waals surface area (Å²) in [6, 6.07) is 18.6. The Morgan fingerprint density at radius 2 is 1.77 bits per heavy atom. The number of likely N-dealkylation sites (tertiary alicyclic amines) is 1. The molecule has 0 unspecified atom stereocenters. The van der Waals surface area contributed by atoms with Gasteiger partial charge in [-0.05, 0) is 42.5 Å². The summed E-state index contributed by atoms with van der Waals surface area (Å²) in [5.41, 5.74) is 1.32. The molecule has 0 radical (unpaired) electrons. The second-order valence-corrected chi connectivity index (χ2v) is 7.67. The molecule has 1 saturated heterocycles. The number of amides is 2. The van der Waals surface area contributed by atoms with Crippen molar-refractivity contribution < 1.29 is 19.1 Å². The Kier molecular flexibility index (Phi) is 6.07. The number of carbonyl (C=O) groups is 2. The van der Waals surface area contributed by atoms with Crippen LogP contribution >= 0.6 is 0 Å². The Balaban J connectivity index is 1.51. The third kappa shape index (κ3) is 4.33. The standard InChI is InChI=1S/C25H26N2O4/c1-30-19-9-5-8-18(15-19)26-24(28)17-7-6-14-27(16-17)25(29)22-12-13-23(31-2)21-11-4-3-10-20(21)22/h3-5,8-13,15,17H,6-7,14,16H2,1-2H3,(H,26,28)/t17-/m0/s1. The average molecular weight is 418 g/mol. The first kappa shape index (κ1) is 20.7. The van der Waals surface area contributed by atoms with Crippen molar-refractivity contribution in [1.29, 1.82) is 0 Å². The number of methoxy groups -OCH3 is 2. The van der Waals surface area contributed by atoms with Gasteiger partial charge in [0.25, 0.3) is 5.91 Å². The molecule has 1 heterocycles. The summed E-state index contributed by atoms with van der Waals surface area (Å²) in [6.07, 6.45) is 1.54. The van der Waals surface area contributed by atoms with E-state index in [4.69, 9.17) is 9.47 Å². The number of ether oxygens (including phenoxy) is 2. The van der Waals surface area contributed by atoms with Gasteiger partial charge in [0.2, 0.25) is 5.91 Å². The minimum Gasteiger partial charge on any atom is -0.497 e. The minimum absolute atomic E-state index is 0.0577. The molecule has 6 heteroatoms.